The molecule has 0 aliphatic carbocycles. The normalized spacial score (nSPS) is 10.8. The Hall–Kier alpha value is -1.60. The Labute approximate surface area is 122 Å². The minimum atomic E-state index is 0.216. The molecule has 0 fully saturated rings. The lowest BCUT2D eigenvalue weighted by Gasteiger charge is -2.11. The van der Waals surface area contributed by atoms with Crippen molar-refractivity contribution < 1.29 is 5.11 Å². The fourth-order valence-corrected chi connectivity index (χ4v) is 2.65. The van der Waals surface area contributed by atoms with Gasteiger partial charge >= 0.3 is 0 Å². The van der Waals surface area contributed by atoms with Crippen molar-refractivity contribution in [3.8, 4) is 11.1 Å². The van der Waals surface area contributed by atoms with E-state index in [1.54, 1.807) is 0 Å². The first-order valence-electron chi connectivity index (χ1n) is 7.60. The molecule has 0 saturated carbocycles. The zero-order valence-corrected chi connectivity index (χ0v) is 12.5. The Balaban J connectivity index is 2.31. The third kappa shape index (κ3) is 3.49. The number of aliphatic hydroxyl groups is 1. The van der Waals surface area contributed by atoms with E-state index in [0.717, 1.165) is 19.3 Å². The molecule has 2 aromatic carbocycles. The summed E-state index contributed by atoms with van der Waals surface area (Å²) in [7, 11) is 0. The Bertz CT molecular complexity index is 540. The Morgan fingerprint density at radius 2 is 1.55 bits per heavy atom. The first-order valence-corrected chi connectivity index (χ1v) is 7.60. The smallest absolute Gasteiger partial charge is 0.0471 e. The largest absolute Gasteiger partial charge is 0.396 e. The third-order valence-electron chi connectivity index (χ3n) is 3.75. The molecule has 2 aromatic rings. The topological polar surface area (TPSA) is 20.2 Å². The number of benzene rings is 2. The van der Waals surface area contributed by atoms with E-state index in [0.29, 0.717) is 0 Å². The van der Waals surface area contributed by atoms with Crippen LogP contribution >= 0.6 is 0 Å². The van der Waals surface area contributed by atoms with Gasteiger partial charge in [-0.1, -0.05) is 62.7 Å². The average Bonchev–Trinajstić information content (AvgIpc) is 2.49. The van der Waals surface area contributed by atoms with Gasteiger partial charge in [-0.05, 0) is 47.1 Å². The van der Waals surface area contributed by atoms with Crippen molar-refractivity contribution in [2.75, 3.05) is 6.61 Å². The van der Waals surface area contributed by atoms with Gasteiger partial charge in [0.25, 0.3) is 0 Å². The van der Waals surface area contributed by atoms with Crippen LogP contribution in [0.5, 0.6) is 0 Å². The average molecular weight is 268 g/mol. The summed E-state index contributed by atoms with van der Waals surface area (Å²) in [6, 6.07) is 15.5. The number of hydrogen-bond donors (Lipinski definition) is 1. The highest BCUT2D eigenvalue weighted by atomic mass is 16.2. The second kappa shape index (κ2) is 7.25. The molecule has 1 heteroatoms. The van der Waals surface area contributed by atoms with Crippen LogP contribution in [0.4, 0.5) is 0 Å². The van der Waals surface area contributed by atoms with Crippen LogP contribution in [0, 0.1) is 0 Å². The van der Waals surface area contributed by atoms with E-state index in [-0.39, 0.29) is 6.61 Å². The second-order valence-corrected chi connectivity index (χ2v) is 5.27. The summed E-state index contributed by atoms with van der Waals surface area (Å²) in [5.41, 5.74) is 6.59. The zero-order chi connectivity index (χ0) is 14.4. The SMILES string of the molecule is CCCc1ccc(-c2ccc(CCO)cc2CC)cc1. The van der Waals surface area contributed by atoms with E-state index in [2.05, 4.69) is 56.3 Å². The Kier molecular flexibility index (Phi) is 5.37. The van der Waals surface area contributed by atoms with Gasteiger partial charge in [-0.3, -0.25) is 0 Å². The Morgan fingerprint density at radius 1 is 0.850 bits per heavy atom. The number of hydrogen-bond acceptors (Lipinski definition) is 1. The van der Waals surface area contributed by atoms with Crippen LogP contribution in [-0.4, -0.2) is 11.7 Å². The highest BCUT2D eigenvalue weighted by molar-refractivity contribution is 5.68. The lowest BCUT2D eigenvalue weighted by Crippen LogP contribution is -1.95. The fourth-order valence-electron chi connectivity index (χ4n) is 2.65. The first kappa shape index (κ1) is 14.8. The van der Waals surface area contributed by atoms with Crippen molar-refractivity contribution in [3.63, 3.8) is 0 Å². The molecule has 1 N–H and O–H groups in total. The van der Waals surface area contributed by atoms with Crippen molar-refractivity contribution in [2.24, 2.45) is 0 Å². The van der Waals surface area contributed by atoms with Gasteiger partial charge in [0.2, 0.25) is 0 Å². The lowest BCUT2D eigenvalue weighted by atomic mass is 9.94. The molecular formula is C19H24O. The maximum absolute atomic E-state index is 9.05. The van der Waals surface area contributed by atoms with Crippen LogP contribution < -0.4 is 0 Å². The summed E-state index contributed by atoms with van der Waals surface area (Å²) in [5.74, 6) is 0. The molecule has 0 atom stereocenters. The fraction of sp³-hybridized carbons (Fsp3) is 0.368. The summed E-state index contributed by atoms with van der Waals surface area (Å²) in [5, 5.41) is 9.05. The van der Waals surface area contributed by atoms with Gasteiger partial charge in [-0.25, -0.2) is 0 Å². The predicted octanol–water partition coefficient (Wildman–Crippen LogP) is 4.40. The van der Waals surface area contributed by atoms with E-state index < -0.39 is 0 Å². The van der Waals surface area contributed by atoms with Gasteiger partial charge in [0.15, 0.2) is 0 Å². The minimum absolute atomic E-state index is 0.216. The quantitative estimate of drug-likeness (QED) is 0.823. The molecule has 0 aromatic heterocycles. The summed E-state index contributed by atoms with van der Waals surface area (Å²) in [4.78, 5) is 0. The molecule has 1 nitrogen and oxygen atoms in total. The summed E-state index contributed by atoms with van der Waals surface area (Å²) >= 11 is 0. The van der Waals surface area contributed by atoms with E-state index in [1.165, 1.54) is 34.2 Å². The highest BCUT2D eigenvalue weighted by Gasteiger charge is 2.05. The lowest BCUT2D eigenvalue weighted by molar-refractivity contribution is 0.299. The van der Waals surface area contributed by atoms with E-state index in [4.69, 9.17) is 5.11 Å². The van der Waals surface area contributed by atoms with Crippen molar-refractivity contribution in [1.82, 2.24) is 0 Å². The predicted molar refractivity (Wildman–Crippen MR) is 86.0 cm³/mol. The number of aliphatic hydroxyl groups excluding tert-OH is 1. The summed E-state index contributed by atoms with van der Waals surface area (Å²) in [6.45, 7) is 4.62. The van der Waals surface area contributed by atoms with Gasteiger partial charge in [-0.2, -0.15) is 0 Å². The molecule has 20 heavy (non-hydrogen) atoms. The molecule has 0 heterocycles. The van der Waals surface area contributed by atoms with Crippen LogP contribution in [0.25, 0.3) is 11.1 Å². The van der Waals surface area contributed by atoms with E-state index in [1.807, 2.05) is 0 Å². The number of rotatable bonds is 6. The summed E-state index contributed by atoms with van der Waals surface area (Å²) in [6.07, 6.45) is 4.10. The van der Waals surface area contributed by atoms with Crippen LogP contribution in [0.1, 0.15) is 37.0 Å². The molecule has 106 valence electrons. The first-order chi connectivity index (χ1) is 9.78. The second-order valence-electron chi connectivity index (χ2n) is 5.27. The van der Waals surface area contributed by atoms with Crippen LogP contribution in [0.2, 0.25) is 0 Å². The maximum Gasteiger partial charge on any atom is 0.0471 e. The molecule has 2 rings (SSSR count). The molecule has 0 saturated heterocycles. The Morgan fingerprint density at radius 3 is 2.15 bits per heavy atom. The van der Waals surface area contributed by atoms with Crippen molar-refractivity contribution in [1.29, 1.82) is 0 Å². The van der Waals surface area contributed by atoms with E-state index >= 15 is 0 Å². The van der Waals surface area contributed by atoms with Crippen molar-refractivity contribution in [3.05, 3.63) is 59.2 Å². The van der Waals surface area contributed by atoms with Crippen LogP contribution in [-0.2, 0) is 19.3 Å². The minimum Gasteiger partial charge on any atom is -0.396 e. The maximum atomic E-state index is 9.05. The molecule has 0 aliphatic heterocycles. The van der Waals surface area contributed by atoms with Gasteiger partial charge in [0.05, 0.1) is 0 Å². The van der Waals surface area contributed by atoms with Gasteiger partial charge in [0.1, 0.15) is 0 Å². The summed E-state index contributed by atoms with van der Waals surface area (Å²) < 4.78 is 0. The molecular weight excluding hydrogens is 244 g/mol. The highest BCUT2D eigenvalue weighted by Crippen LogP contribution is 2.26. The molecule has 0 radical (unpaired) electrons. The molecule has 0 amide bonds. The standard InChI is InChI=1S/C19H24O/c1-3-5-15-6-9-18(10-7-15)19-11-8-16(12-13-20)14-17(19)4-2/h6-11,14,20H,3-5,12-13H2,1-2H3. The van der Waals surface area contributed by atoms with Crippen molar-refractivity contribution in [2.45, 2.75) is 39.5 Å². The van der Waals surface area contributed by atoms with Gasteiger partial charge < -0.3 is 5.11 Å². The zero-order valence-electron chi connectivity index (χ0n) is 12.5. The third-order valence-corrected chi connectivity index (χ3v) is 3.75. The van der Waals surface area contributed by atoms with Crippen LogP contribution in [0.15, 0.2) is 42.5 Å². The molecule has 0 bridgehead atoms. The van der Waals surface area contributed by atoms with Gasteiger partial charge in [-0.15, -0.1) is 0 Å². The molecule has 0 spiro atoms. The monoisotopic (exact) mass is 268 g/mol. The number of aryl methyl sites for hydroxylation is 2. The van der Waals surface area contributed by atoms with Crippen molar-refractivity contribution >= 4 is 0 Å². The van der Waals surface area contributed by atoms with E-state index in [9.17, 15) is 0 Å². The molecule has 0 aliphatic rings. The van der Waals surface area contributed by atoms with Crippen LogP contribution in [0.3, 0.4) is 0 Å². The molecule has 0 unspecified atom stereocenters. The van der Waals surface area contributed by atoms with Gasteiger partial charge in [0, 0.05) is 6.61 Å².